The van der Waals surface area contributed by atoms with E-state index >= 15 is 0 Å². The van der Waals surface area contributed by atoms with Crippen LogP contribution in [-0.2, 0) is 4.79 Å². The molecular weight excluding hydrogens is 405 g/mol. The van der Waals surface area contributed by atoms with Gasteiger partial charge in [0.15, 0.2) is 0 Å². The maximum absolute atomic E-state index is 12.1. The van der Waals surface area contributed by atoms with Gasteiger partial charge in [0.2, 0.25) is 5.91 Å². The molecule has 5 nitrogen and oxygen atoms in total. The van der Waals surface area contributed by atoms with Crippen molar-refractivity contribution >= 4 is 33.4 Å². The number of nitrogens with one attached hydrogen (secondary N) is 2. The average Bonchev–Trinajstić information content (AvgIpc) is 2.53. The molecule has 0 aliphatic rings. The molecule has 2 amide bonds. The molecule has 0 radical (unpaired) electrons. The first-order chi connectivity index (χ1) is 11.7. The summed E-state index contributed by atoms with van der Waals surface area (Å²) in [6.45, 7) is -0.291. The number of hydrogen-bond donors (Lipinski definition) is 2. The van der Waals surface area contributed by atoms with Crippen LogP contribution in [0.3, 0.4) is 0 Å². The number of anilines is 1. The van der Waals surface area contributed by atoms with Crippen molar-refractivity contribution in [3.05, 3.63) is 58.6 Å². The fourth-order valence-electron chi connectivity index (χ4n) is 1.85. The Kier molecular flexibility index (Phi) is 6.02. The van der Waals surface area contributed by atoms with Crippen molar-refractivity contribution in [3.63, 3.8) is 0 Å². The highest BCUT2D eigenvalue weighted by Gasteiger charge is 2.30. The summed E-state index contributed by atoms with van der Waals surface area (Å²) in [5, 5.41) is 4.90. The van der Waals surface area contributed by atoms with Crippen LogP contribution in [0.15, 0.2) is 53.0 Å². The lowest BCUT2D eigenvalue weighted by atomic mass is 10.2. The van der Waals surface area contributed by atoms with E-state index < -0.39 is 23.9 Å². The van der Waals surface area contributed by atoms with Crippen molar-refractivity contribution < 1.29 is 27.5 Å². The van der Waals surface area contributed by atoms with Gasteiger partial charge in [0.25, 0.3) is 5.91 Å². The molecule has 132 valence electrons. The van der Waals surface area contributed by atoms with Gasteiger partial charge in [-0.3, -0.25) is 9.59 Å². The molecule has 25 heavy (non-hydrogen) atoms. The van der Waals surface area contributed by atoms with Crippen LogP contribution in [0.5, 0.6) is 5.75 Å². The first-order valence-electron chi connectivity index (χ1n) is 6.93. The minimum absolute atomic E-state index is 0.273. The van der Waals surface area contributed by atoms with Crippen LogP contribution in [-0.4, -0.2) is 24.7 Å². The van der Waals surface area contributed by atoms with E-state index in [0.717, 1.165) is 12.1 Å². The van der Waals surface area contributed by atoms with Crippen LogP contribution in [0.4, 0.5) is 18.9 Å². The van der Waals surface area contributed by atoms with Crippen LogP contribution in [0.2, 0.25) is 0 Å². The number of alkyl halides is 3. The monoisotopic (exact) mass is 416 g/mol. The Bertz CT molecular complexity index is 764. The Hall–Kier alpha value is -2.55. The van der Waals surface area contributed by atoms with Gasteiger partial charge in [-0.2, -0.15) is 0 Å². The van der Waals surface area contributed by atoms with E-state index in [9.17, 15) is 22.8 Å². The van der Waals surface area contributed by atoms with Crippen LogP contribution in [0.1, 0.15) is 10.4 Å². The summed E-state index contributed by atoms with van der Waals surface area (Å²) in [5.41, 5.74) is 0.651. The van der Waals surface area contributed by atoms with E-state index in [0.29, 0.717) is 10.0 Å². The number of hydrogen-bond acceptors (Lipinski definition) is 3. The molecular formula is C16H12BrF3N2O3. The lowest BCUT2D eigenvalue weighted by Gasteiger charge is -2.10. The van der Waals surface area contributed by atoms with Gasteiger partial charge in [0.05, 0.1) is 12.1 Å². The van der Waals surface area contributed by atoms with Crippen molar-refractivity contribution in [1.82, 2.24) is 5.32 Å². The third-order valence-electron chi connectivity index (χ3n) is 2.90. The Balaban J connectivity index is 1.86. The molecule has 0 atom stereocenters. The van der Waals surface area contributed by atoms with Gasteiger partial charge in [-0.15, -0.1) is 13.2 Å². The first kappa shape index (κ1) is 18.8. The molecule has 9 heteroatoms. The number of halogens is 4. The first-order valence-corrected chi connectivity index (χ1v) is 7.72. The summed E-state index contributed by atoms with van der Waals surface area (Å²) in [7, 11) is 0. The van der Waals surface area contributed by atoms with Gasteiger partial charge < -0.3 is 15.4 Å². The number of amides is 2. The standard InChI is InChI=1S/C16H12BrF3N2O3/c17-13-4-2-1-3-12(13)15(24)21-9-14(23)22-10-5-7-11(8-6-10)25-16(18,19)20/h1-8H,9H2,(H,21,24)(H,22,23). The SMILES string of the molecule is O=C(CNC(=O)c1ccccc1Br)Nc1ccc(OC(F)(F)F)cc1. The summed E-state index contributed by atoms with van der Waals surface area (Å²) in [6.07, 6.45) is -4.78. The van der Waals surface area contributed by atoms with Crippen molar-refractivity contribution in [1.29, 1.82) is 0 Å². The predicted molar refractivity (Wildman–Crippen MR) is 88.2 cm³/mol. The summed E-state index contributed by atoms with van der Waals surface area (Å²) in [5.74, 6) is -1.35. The Labute approximate surface area is 149 Å². The molecule has 0 aliphatic heterocycles. The lowest BCUT2D eigenvalue weighted by molar-refractivity contribution is -0.274. The normalized spacial score (nSPS) is 10.9. The fourth-order valence-corrected chi connectivity index (χ4v) is 2.31. The van der Waals surface area contributed by atoms with Gasteiger partial charge >= 0.3 is 6.36 Å². The van der Waals surface area contributed by atoms with Gasteiger partial charge in [-0.1, -0.05) is 12.1 Å². The molecule has 0 fully saturated rings. The summed E-state index contributed by atoms with van der Waals surface area (Å²) < 4.78 is 40.5. The molecule has 0 saturated carbocycles. The highest BCUT2D eigenvalue weighted by Crippen LogP contribution is 2.23. The molecule has 2 aromatic carbocycles. The number of rotatable bonds is 5. The Morgan fingerprint density at radius 3 is 2.28 bits per heavy atom. The molecule has 0 unspecified atom stereocenters. The third kappa shape index (κ3) is 6.11. The summed E-state index contributed by atoms with van der Waals surface area (Å²) in [6, 6.07) is 11.4. The molecule has 0 bridgehead atoms. The quantitative estimate of drug-likeness (QED) is 0.780. The van der Waals surface area contributed by atoms with Gasteiger partial charge in [-0.25, -0.2) is 0 Å². The largest absolute Gasteiger partial charge is 0.573 e. The maximum Gasteiger partial charge on any atom is 0.573 e. The molecule has 0 spiro atoms. The second-order valence-corrected chi connectivity index (χ2v) is 5.64. The minimum atomic E-state index is -4.78. The van der Waals surface area contributed by atoms with Crippen molar-refractivity contribution in [2.24, 2.45) is 0 Å². The molecule has 0 aromatic heterocycles. The van der Waals surface area contributed by atoms with Crippen LogP contribution >= 0.6 is 15.9 Å². The summed E-state index contributed by atoms with van der Waals surface area (Å²) in [4.78, 5) is 23.8. The Morgan fingerprint density at radius 1 is 1.04 bits per heavy atom. The lowest BCUT2D eigenvalue weighted by Crippen LogP contribution is -2.33. The Morgan fingerprint density at radius 2 is 1.68 bits per heavy atom. The van der Waals surface area contributed by atoms with E-state index in [1.807, 2.05) is 0 Å². The number of ether oxygens (including phenoxy) is 1. The molecule has 2 rings (SSSR count). The smallest absolute Gasteiger partial charge is 0.406 e. The summed E-state index contributed by atoms with van der Waals surface area (Å²) >= 11 is 3.23. The van der Waals surface area contributed by atoms with E-state index in [-0.39, 0.29) is 12.2 Å². The topological polar surface area (TPSA) is 67.4 Å². The number of carbonyl (C=O) groups excluding carboxylic acids is 2. The van der Waals surface area contributed by atoms with Gasteiger partial charge in [0, 0.05) is 10.2 Å². The highest BCUT2D eigenvalue weighted by atomic mass is 79.9. The third-order valence-corrected chi connectivity index (χ3v) is 3.59. The second-order valence-electron chi connectivity index (χ2n) is 4.78. The van der Waals surface area contributed by atoms with Crippen LogP contribution in [0.25, 0.3) is 0 Å². The second kappa shape index (κ2) is 8.02. The highest BCUT2D eigenvalue weighted by molar-refractivity contribution is 9.10. The zero-order chi connectivity index (χ0) is 18.4. The number of carbonyl (C=O) groups is 2. The van der Waals surface area contributed by atoms with Gasteiger partial charge in [-0.05, 0) is 52.3 Å². The molecule has 0 heterocycles. The van der Waals surface area contributed by atoms with Crippen LogP contribution in [0, 0.1) is 0 Å². The van der Waals surface area contributed by atoms with E-state index in [1.54, 1.807) is 24.3 Å². The van der Waals surface area contributed by atoms with E-state index in [2.05, 4.69) is 31.3 Å². The minimum Gasteiger partial charge on any atom is -0.406 e. The van der Waals surface area contributed by atoms with Gasteiger partial charge in [0.1, 0.15) is 5.75 Å². The van der Waals surface area contributed by atoms with Crippen molar-refractivity contribution in [3.8, 4) is 5.75 Å². The average molecular weight is 417 g/mol. The van der Waals surface area contributed by atoms with Crippen molar-refractivity contribution in [2.75, 3.05) is 11.9 Å². The zero-order valence-corrected chi connectivity index (χ0v) is 14.1. The number of benzene rings is 2. The maximum atomic E-state index is 12.1. The predicted octanol–water partition coefficient (Wildman–Crippen LogP) is 3.72. The van der Waals surface area contributed by atoms with Crippen molar-refractivity contribution in [2.45, 2.75) is 6.36 Å². The zero-order valence-electron chi connectivity index (χ0n) is 12.6. The fraction of sp³-hybridized carbons (Fsp3) is 0.125. The van der Waals surface area contributed by atoms with Crippen LogP contribution < -0.4 is 15.4 Å². The molecule has 2 aromatic rings. The molecule has 0 aliphatic carbocycles. The molecule has 2 N–H and O–H groups in total. The van der Waals surface area contributed by atoms with E-state index in [1.165, 1.54) is 12.1 Å². The molecule has 0 saturated heterocycles. The van der Waals surface area contributed by atoms with E-state index in [4.69, 9.17) is 0 Å².